The zero-order valence-electron chi connectivity index (χ0n) is 32.3. The summed E-state index contributed by atoms with van der Waals surface area (Å²) < 4.78 is 0. The van der Waals surface area contributed by atoms with Crippen molar-refractivity contribution in [1.82, 2.24) is 15.5 Å². The number of piperidine rings is 1. The van der Waals surface area contributed by atoms with E-state index in [1.165, 1.54) is 6.42 Å². The van der Waals surface area contributed by atoms with E-state index in [4.69, 9.17) is 0 Å². The normalized spacial score (nSPS) is 17.9. The number of nitrogens with one attached hydrogen (secondary N) is 2. The number of carbonyl (C=O) groups excluding carboxylic acids is 5. The summed E-state index contributed by atoms with van der Waals surface area (Å²) in [5.41, 5.74) is 1.63. The lowest BCUT2D eigenvalue weighted by atomic mass is 9.87. The Kier molecular flexibility index (Phi) is 15.8. The summed E-state index contributed by atoms with van der Waals surface area (Å²) in [7, 11) is 0. The molecule has 2 aromatic rings. The first-order chi connectivity index (χ1) is 24.8. The lowest BCUT2D eigenvalue weighted by Crippen LogP contribution is -2.49. The quantitative estimate of drug-likeness (QED) is 0.137. The Morgan fingerprint density at radius 3 is 1.81 bits per heavy atom. The number of ketones is 3. The summed E-state index contributed by atoms with van der Waals surface area (Å²) in [5, 5.41) is 6.15. The van der Waals surface area contributed by atoms with Gasteiger partial charge in [0.25, 0.3) is 0 Å². The highest BCUT2D eigenvalue weighted by atomic mass is 16.2. The van der Waals surface area contributed by atoms with Gasteiger partial charge in [-0.15, -0.1) is 0 Å². The molecule has 8 heteroatoms. The van der Waals surface area contributed by atoms with Crippen LogP contribution in [-0.2, 0) is 36.8 Å². The van der Waals surface area contributed by atoms with Crippen molar-refractivity contribution in [2.75, 3.05) is 19.6 Å². The van der Waals surface area contributed by atoms with Gasteiger partial charge in [-0.1, -0.05) is 102 Å². The molecule has 0 radical (unpaired) electrons. The molecule has 2 N–H and O–H groups in total. The second-order valence-electron chi connectivity index (χ2n) is 16.7. The van der Waals surface area contributed by atoms with Crippen LogP contribution in [0, 0.1) is 29.1 Å². The molecule has 0 spiro atoms. The standard InChI is InChI=1S/C44H63N3O5/c1-31(2)25-38(45-42(51)35(20-19-33-15-9-6-10-16-33)28-37(48)30-47-23-13-8-14-24-47)40(49)29-36(27-34-17-11-7-12-18-34)43(52)46-39(26-32(3)4)41(50)44(5)21-22-44/h6-7,9-12,15-18,31-32,35-36,38-39H,8,13-14,19-30H2,1-5H3,(H,45,51)(H,46,52)/t35-,36-,38?,39?/m1/s1. The van der Waals surface area contributed by atoms with E-state index in [1.807, 2.05) is 95.3 Å². The van der Waals surface area contributed by atoms with Gasteiger partial charge in [-0.2, -0.15) is 0 Å². The first-order valence-electron chi connectivity index (χ1n) is 19.8. The van der Waals surface area contributed by atoms with Gasteiger partial charge in [0.15, 0.2) is 11.6 Å². The van der Waals surface area contributed by atoms with Crippen molar-refractivity contribution in [3.63, 3.8) is 0 Å². The van der Waals surface area contributed by atoms with Crippen LogP contribution in [0.4, 0.5) is 0 Å². The summed E-state index contributed by atoms with van der Waals surface area (Å²) in [6.45, 7) is 12.2. The zero-order valence-corrected chi connectivity index (χ0v) is 32.3. The summed E-state index contributed by atoms with van der Waals surface area (Å²) >= 11 is 0. The maximum Gasteiger partial charge on any atom is 0.224 e. The van der Waals surface area contributed by atoms with Gasteiger partial charge in [0.05, 0.1) is 18.6 Å². The van der Waals surface area contributed by atoms with Crippen LogP contribution in [0.1, 0.15) is 110 Å². The Bertz CT molecular complexity index is 1460. The number of Topliss-reactive ketones (excluding diaryl/α,β-unsaturated/α-hetero) is 3. The number of likely N-dealkylation sites (tertiary alicyclic amines) is 1. The predicted molar refractivity (Wildman–Crippen MR) is 207 cm³/mol. The van der Waals surface area contributed by atoms with E-state index in [2.05, 4.69) is 15.5 Å². The highest BCUT2D eigenvalue weighted by Crippen LogP contribution is 2.47. The molecule has 2 aliphatic rings. The van der Waals surface area contributed by atoms with E-state index in [-0.39, 0.29) is 53.8 Å². The molecule has 2 fully saturated rings. The lowest BCUT2D eigenvalue weighted by molar-refractivity contribution is -0.135. The van der Waals surface area contributed by atoms with Crippen LogP contribution < -0.4 is 10.6 Å². The Morgan fingerprint density at radius 2 is 1.23 bits per heavy atom. The smallest absolute Gasteiger partial charge is 0.224 e. The molecule has 4 atom stereocenters. The monoisotopic (exact) mass is 713 g/mol. The molecule has 8 nitrogen and oxygen atoms in total. The first-order valence-corrected chi connectivity index (χ1v) is 19.8. The Balaban J connectivity index is 1.51. The van der Waals surface area contributed by atoms with Crippen LogP contribution in [0.3, 0.4) is 0 Å². The van der Waals surface area contributed by atoms with Crippen LogP contribution in [0.2, 0.25) is 0 Å². The van der Waals surface area contributed by atoms with Gasteiger partial charge in [-0.25, -0.2) is 0 Å². The van der Waals surface area contributed by atoms with E-state index in [0.29, 0.717) is 38.6 Å². The number of aryl methyl sites for hydroxylation is 1. The number of benzene rings is 2. The van der Waals surface area contributed by atoms with Crippen LogP contribution in [0.5, 0.6) is 0 Å². The molecule has 1 aliphatic heterocycles. The lowest BCUT2D eigenvalue weighted by Gasteiger charge is -2.28. The number of carbonyl (C=O) groups is 5. The van der Waals surface area contributed by atoms with Crippen LogP contribution in [-0.4, -0.2) is 65.8 Å². The van der Waals surface area contributed by atoms with E-state index in [0.717, 1.165) is 49.9 Å². The molecule has 0 aromatic heterocycles. The number of hydrogen-bond donors (Lipinski definition) is 2. The van der Waals surface area contributed by atoms with Crippen molar-refractivity contribution in [2.45, 2.75) is 124 Å². The summed E-state index contributed by atoms with van der Waals surface area (Å²) in [6, 6.07) is 18.2. The van der Waals surface area contributed by atoms with Gasteiger partial charge < -0.3 is 10.6 Å². The fraction of sp³-hybridized carbons (Fsp3) is 0.614. The van der Waals surface area contributed by atoms with E-state index >= 15 is 0 Å². The largest absolute Gasteiger partial charge is 0.346 e. The molecule has 284 valence electrons. The summed E-state index contributed by atoms with van der Waals surface area (Å²) in [6.07, 6.45) is 7.51. The Labute approximate surface area is 312 Å². The molecule has 1 aliphatic carbocycles. The molecule has 0 bridgehead atoms. The zero-order chi connectivity index (χ0) is 37.7. The van der Waals surface area contributed by atoms with E-state index < -0.39 is 29.3 Å². The number of hydrogen-bond acceptors (Lipinski definition) is 6. The average molecular weight is 714 g/mol. The minimum atomic E-state index is -0.798. The SMILES string of the molecule is CC(C)CC(NC(=O)[C@H](CCc1ccccc1)CC(=O)CN1CCCCC1)C(=O)C[C@@H](Cc1ccccc1)C(=O)NC(CC(C)C)C(=O)C1(C)CC1. The van der Waals surface area contributed by atoms with E-state index in [9.17, 15) is 24.0 Å². The maximum absolute atomic E-state index is 14.2. The van der Waals surface area contributed by atoms with Crippen LogP contribution in [0.25, 0.3) is 0 Å². The van der Waals surface area contributed by atoms with Crippen molar-refractivity contribution >= 4 is 29.2 Å². The van der Waals surface area contributed by atoms with Gasteiger partial charge in [0.1, 0.15) is 5.78 Å². The molecule has 2 unspecified atom stereocenters. The Morgan fingerprint density at radius 1 is 0.692 bits per heavy atom. The molecule has 2 amide bonds. The highest BCUT2D eigenvalue weighted by Gasteiger charge is 2.48. The third kappa shape index (κ3) is 13.4. The van der Waals surface area contributed by atoms with Gasteiger partial charge >= 0.3 is 0 Å². The molecule has 1 saturated carbocycles. The summed E-state index contributed by atoms with van der Waals surface area (Å²) in [5.74, 6) is -1.66. The minimum Gasteiger partial charge on any atom is -0.346 e. The molecule has 2 aromatic carbocycles. The molecular formula is C44H63N3O5. The fourth-order valence-corrected chi connectivity index (χ4v) is 7.44. The molecule has 4 rings (SSSR count). The van der Waals surface area contributed by atoms with Gasteiger partial charge in [-0.3, -0.25) is 28.9 Å². The van der Waals surface area contributed by atoms with Crippen LogP contribution >= 0.6 is 0 Å². The van der Waals surface area contributed by atoms with Crippen molar-refractivity contribution in [2.24, 2.45) is 29.1 Å². The molecular weight excluding hydrogens is 651 g/mol. The third-order valence-corrected chi connectivity index (χ3v) is 10.8. The minimum absolute atomic E-state index is 0.0481. The summed E-state index contributed by atoms with van der Waals surface area (Å²) in [4.78, 5) is 71.4. The number of amides is 2. The van der Waals surface area contributed by atoms with Crippen molar-refractivity contribution in [3.05, 3.63) is 71.8 Å². The van der Waals surface area contributed by atoms with Crippen molar-refractivity contribution in [3.8, 4) is 0 Å². The molecule has 1 heterocycles. The molecule has 52 heavy (non-hydrogen) atoms. The van der Waals surface area contributed by atoms with Gasteiger partial charge in [0.2, 0.25) is 11.8 Å². The topological polar surface area (TPSA) is 113 Å². The number of nitrogens with zero attached hydrogens (tertiary/aromatic N) is 1. The Hall–Kier alpha value is -3.65. The maximum atomic E-state index is 14.2. The first kappa shape index (κ1) is 41.1. The van der Waals surface area contributed by atoms with E-state index in [1.54, 1.807) is 0 Å². The number of rotatable bonds is 22. The van der Waals surface area contributed by atoms with Crippen molar-refractivity contribution in [1.29, 1.82) is 0 Å². The van der Waals surface area contributed by atoms with Gasteiger partial charge in [-0.05, 0) is 93.8 Å². The highest BCUT2D eigenvalue weighted by molar-refractivity contribution is 5.97. The average Bonchev–Trinajstić information content (AvgIpc) is 3.87. The third-order valence-electron chi connectivity index (χ3n) is 10.8. The fourth-order valence-electron chi connectivity index (χ4n) is 7.44. The second-order valence-corrected chi connectivity index (χ2v) is 16.7. The van der Waals surface area contributed by atoms with Gasteiger partial charge in [0, 0.05) is 30.1 Å². The van der Waals surface area contributed by atoms with Crippen LogP contribution in [0.15, 0.2) is 60.7 Å². The van der Waals surface area contributed by atoms with Crippen molar-refractivity contribution < 1.29 is 24.0 Å². The second kappa shape index (κ2) is 20.0. The predicted octanol–water partition coefficient (Wildman–Crippen LogP) is 6.93. The molecule has 1 saturated heterocycles.